The number of halogens is 1. The van der Waals surface area contributed by atoms with Crippen LogP contribution in [0.4, 0.5) is 0 Å². The van der Waals surface area contributed by atoms with E-state index in [-0.39, 0.29) is 18.2 Å². The third-order valence-corrected chi connectivity index (χ3v) is 3.83. The van der Waals surface area contributed by atoms with E-state index in [2.05, 4.69) is 4.72 Å². The van der Waals surface area contributed by atoms with Gasteiger partial charge in [0.05, 0.1) is 11.9 Å². The minimum absolute atomic E-state index is 0.0380. The molecule has 2 atom stereocenters. The van der Waals surface area contributed by atoms with Crippen molar-refractivity contribution < 1.29 is 13.5 Å². The molecule has 86 valence electrons. The Bertz CT molecular complexity index is 241. The Balaban J connectivity index is 3.84. The molecule has 0 aliphatic rings. The lowest BCUT2D eigenvalue weighted by Crippen LogP contribution is -2.31. The van der Waals surface area contributed by atoms with Crippen molar-refractivity contribution in [2.24, 2.45) is 5.92 Å². The molecule has 2 unspecified atom stereocenters. The summed E-state index contributed by atoms with van der Waals surface area (Å²) in [6.45, 7) is 3.67. The van der Waals surface area contributed by atoms with Crippen LogP contribution >= 0.6 is 11.6 Å². The molecule has 0 aliphatic heterocycles. The molecule has 0 heterocycles. The molecule has 0 saturated carbocycles. The SMILES string of the molecule is CC(O)CCNS(=O)(=O)CC(C)CCl. The molecule has 4 nitrogen and oxygen atoms in total. The number of rotatable bonds is 7. The molecule has 2 N–H and O–H groups in total. The zero-order chi connectivity index (χ0) is 11.2. The summed E-state index contributed by atoms with van der Waals surface area (Å²) in [5, 5.41) is 8.92. The van der Waals surface area contributed by atoms with E-state index >= 15 is 0 Å². The Morgan fingerprint density at radius 2 is 2.00 bits per heavy atom. The first-order chi connectivity index (χ1) is 6.37. The van der Waals surface area contributed by atoms with Gasteiger partial charge in [-0.15, -0.1) is 11.6 Å². The van der Waals surface area contributed by atoms with E-state index in [9.17, 15) is 8.42 Å². The van der Waals surface area contributed by atoms with E-state index in [0.29, 0.717) is 12.3 Å². The van der Waals surface area contributed by atoms with Gasteiger partial charge in [0.1, 0.15) is 0 Å². The average molecular weight is 244 g/mol. The first-order valence-electron chi connectivity index (χ1n) is 4.58. The molecule has 0 aromatic heterocycles. The van der Waals surface area contributed by atoms with Crippen molar-refractivity contribution in [3.8, 4) is 0 Å². The lowest BCUT2D eigenvalue weighted by Gasteiger charge is -2.10. The number of nitrogens with one attached hydrogen (secondary N) is 1. The molecule has 0 saturated heterocycles. The Hall–Kier alpha value is 0.160. The Morgan fingerprint density at radius 3 is 2.43 bits per heavy atom. The lowest BCUT2D eigenvalue weighted by atomic mass is 10.3. The average Bonchev–Trinajstić information content (AvgIpc) is 2.02. The molecule has 0 fully saturated rings. The number of hydrogen-bond acceptors (Lipinski definition) is 3. The second kappa shape index (κ2) is 6.61. The van der Waals surface area contributed by atoms with Gasteiger partial charge in [0, 0.05) is 12.4 Å². The molecule has 0 aromatic carbocycles. The van der Waals surface area contributed by atoms with Crippen LogP contribution in [0.5, 0.6) is 0 Å². The van der Waals surface area contributed by atoms with Crippen LogP contribution in [0.25, 0.3) is 0 Å². The van der Waals surface area contributed by atoms with Gasteiger partial charge in [0.25, 0.3) is 0 Å². The predicted octanol–water partition coefficient (Wildman–Crippen LogP) is 0.552. The van der Waals surface area contributed by atoms with Gasteiger partial charge in [-0.05, 0) is 19.3 Å². The smallest absolute Gasteiger partial charge is 0.211 e. The van der Waals surface area contributed by atoms with Crippen molar-refractivity contribution in [1.29, 1.82) is 0 Å². The summed E-state index contributed by atoms with van der Waals surface area (Å²) < 4.78 is 25.1. The molecule has 0 radical (unpaired) electrons. The zero-order valence-corrected chi connectivity index (χ0v) is 10.1. The molecule has 14 heavy (non-hydrogen) atoms. The monoisotopic (exact) mass is 243 g/mol. The first-order valence-corrected chi connectivity index (χ1v) is 6.77. The van der Waals surface area contributed by atoms with Gasteiger partial charge in [0.15, 0.2) is 0 Å². The summed E-state index contributed by atoms with van der Waals surface area (Å²) in [6.07, 6.45) is -0.0581. The second-order valence-electron chi connectivity index (χ2n) is 3.57. The van der Waals surface area contributed by atoms with Gasteiger partial charge in [0.2, 0.25) is 10.0 Å². The minimum Gasteiger partial charge on any atom is -0.393 e. The van der Waals surface area contributed by atoms with Crippen LogP contribution in [-0.4, -0.2) is 37.8 Å². The summed E-state index contributed by atoms with van der Waals surface area (Å²) in [7, 11) is -3.23. The fourth-order valence-electron chi connectivity index (χ4n) is 0.901. The van der Waals surface area contributed by atoms with Crippen LogP contribution in [0.2, 0.25) is 0 Å². The van der Waals surface area contributed by atoms with E-state index in [4.69, 9.17) is 16.7 Å². The molecule has 0 rings (SSSR count). The molecule has 0 aliphatic carbocycles. The number of hydrogen-bond donors (Lipinski definition) is 2. The summed E-state index contributed by atoms with van der Waals surface area (Å²) in [5.41, 5.74) is 0. The Morgan fingerprint density at radius 1 is 1.43 bits per heavy atom. The number of aliphatic hydroxyl groups is 1. The molecule has 0 bridgehead atoms. The Labute approximate surface area is 90.7 Å². The fourth-order valence-corrected chi connectivity index (χ4v) is 2.55. The zero-order valence-electron chi connectivity index (χ0n) is 8.53. The van der Waals surface area contributed by atoms with Gasteiger partial charge >= 0.3 is 0 Å². The van der Waals surface area contributed by atoms with Crippen LogP contribution < -0.4 is 4.72 Å². The topological polar surface area (TPSA) is 66.4 Å². The third-order valence-electron chi connectivity index (χ3n) is 1.65. The van der Waals surface area contributed by atoms with Crippen LogP contribution in [0.1, 0.15) is 20.3 Å². The second-order valence-corrected chi connectivity index (χ2v) is 5.73. The van der Waals surface area contributed by atoms with E-state index in [1.165, 1.54) is 0 Å². The van der Waals surface area contributed by atoms with Gasteiger partial charge in [-0.2, -0.15) is 0 Å². The largest absolute Gasteiger partial charge is 0.393 e. The third kappa shape index (κ3) is 7.55. The van der Waals surface area contributed by atoms with Crippen molar-refractivity contribution in [3.63, 3.8) is 0 Å². The van der Waals surface area contributed by atoms with E-state index in [1.54, 1.807) is 13.8 Å². The maximum atomic E-state index is 11.3. The normalized spacial score (nSPS) is 16.6. The summed E-state index contributed by atoms with van der Waals surface area (Å²) >= 11 is 5.51. The predicted molar refractivity (Wildman–Crippen MR) is 58.0 cm³/mol. The quantitative estimate of drug-likeness (QED) is 0.642. The number of aliphatic hydroxyl groups excluding tert-OH is 1. The van der Waals surface area contributed by atoms with Gasteiger partial charge in [-0.3, -0.25) is 0 Å². The highest BCUT2D eigenvalue weighted by Crippen LogP contribution is 2.02. The van der Waals surface area contributed by atoms with Gasteiger partial charge < -0.3 is 5.11 Å². The molecule has 0 aromatic rings. The molecule has 6 heteroatoms. The van der Waals surface area contributed by atoms with Crippen molar-refractivity contribution >= 4 is 21.6 Å². The van der Waals surface area contributed by atoms with Crippen LogP contribution in [0.15, 0.2) is 0 Å². The highest BCUT2D eigenvalue weighted by atomic mass is 35.5. The molecule has 0 spiro atoms. The molecular weight excluding hydrogens is 226 g/mol. The van der Waals surface area contributed by atoms with E-state index in [1.807, 2.05) is 0 Å². The summed E-state index contributed by atoms with van der Waals surface area (Å²) in [6, 6.07) is 0. The number of alkyl halides is 1. The highest BCUT2D eigenvalue weighted by Gasteiger charge is 2.14. The van der Waals surface area contributed by atoms with E-state index < -0.39 is 16.1 Å². The van der Waals surface area contributed by atoms with Crippen molar-refractivity contribution in [1.82, 2.24) is 4.72 Å². The Kier molecular flexibility index (Phi) is 6.68. The highest BCUT2D eigenvalue weighted by molar-refractivity contribution is 7.89. The lowest BCUT2D eigenvalue weighted by molar-refractivity contribution is 0.186. The van der Waals surface area contributed by atoms with Crippen molar-refractivity contribution in [2.45, 2.75) is 26.4 Å². The summed E-state index contributed by atoms with van der Waals surface area (Å²) in [4.78, 5) is 0. The molecule has 0 amide bonds. The summed E-state index contributed by atoms with van der Waals surface area (Å²) in [5.74, 6) is 0.314. The van der Waals surface area contributed by atoms with Crippen LogP contribution in [0.3, 0.4) is 0 Å². The maximum absolute atomic E-state index is 11.3. The standard InChI is InChI=1S/C8H18ClNO3S/c1-7(5-9)6-14(12,13)10-4-3-8(2)11/h7-8,10-11H,3-6H2,1-2H3. The minimum atomic E-state index is -3.23. The van der Waals surface area contributed by atoms with Gasteiger partial charge in [-0.1, -0.05) is 6.92 Å². The molecular formula is C8H18ClNO3S. The van der Waals surface area contributed by atoms with Crippen molar-refractivity contribution in [2.75, 3.05) is 18.2 Å². The fraction of sp³-hybridized carbons (Fsp3) is 1.00. The van der Waals surface area contributed by atoms with Gasteiger partial charge in [-0.25, -0.2) is 13.1 Å². The van der Waals surface area contributed by atoms with Crippen molar-refractivity contribution in [3.05, 3.63) is 0 Å². The van der Waals surface area contributed by atoms with E-state index in [0.717, 1.165) is 0 Å². The van der Waals surface area contributed by atoms with Crippen LogP contribution in [-0.2, 0) is 10.0 Å². The first kappa shape index (κ1) is 14.2. The number of sulfonamides is 1. The maximum Gasteiger partial charge on any atom is 0.211 e. The van der Waals surface area contributed by atoms with Crippen LogP contribution in [0, 0.1) is 5.92 Å².